The highest BCUT2D eigenvalue weighted by molar-refractivity contribution is 9.10. The number of benzene rings is 3. The van der Waals surface area contributed by atoms with Crippen molar-refractivity contribution in [2.45, 2.75) is 19.4 Å². The zero-order chi connectivity index (χ0) is 16.2. The fourth-order valence-corrected chi connectivity index (χ4v) is 4.01. The first-order valence-electron chi connectivity index (χ1n) is 7.72. The molecule has 3 aromatic carbocycles. The summed E-state index contributed by atoms with van der Waals surface area (Å²) in [5, 5.41) is 11.9. The molecular weight excluding hydrogens is 348 g/mol. The summed E-state index contributed by atoms with van der Waals surface area (Å²) in [6, 6.07) is 20.6. The van der Waals surface area contributed by atoms with Gasteiger partial charge in [-0.25, -0.2) is 0 Å². The van der Waals surface area contributed by atoms with Crippen LogP contribution in [0.5, 0.6) is 0 Å². The SMILES string of the molecule is Cc1ccc(C)c(C2(O)c3ccccc3-c3ccc(Br)cc32)c1. The van der Waals surface area contributed by atoms with Gasteiger partial charge in [0, 0.05) is 15.6 Å². The molecule has 0 saturated heterocycles. The van der Waals surface area contributed by atoms with E-state index < -0.39 is 5.60 Å². The van der Waals surface area contributed by atoms with Gasteiger partial charge in [0.2, 0.25) is 0 Å². The van der Waals surface area contributed by atoms with Crippen LogP contribution in [0.3, 0.4) is 0 Å². The first-order valence-corrected chi connectivity index (χ1v) is 8.51. The molecule has 23 heavy (non-hydrogen) atoms. The molecule has 1 unspecified atom stereocenters. The molecule has 1 N–H and O–H groups in total. The Morgan fingerprint density at radius 1 is 0.783 bits per heavy atom. The van der Waals surface area contributed by atoms with E-state index in [1.807, 2.05) is 30.3 Å². The second-order valence-electron chi connectivity index (χ2n) is 6.26. The summed E-state index contributed by atoms with van der Waals surface area (Å²) >= 11 is 3.56. The van der Waals surface area contributed by atoms with Gasteiger partial charge in [-0.2, -0.15) is 0 Å². The van der Waals surface area contributed by atoms with Gasteiger partial charge in [-0.3, -0.25) is 0 Å². The van der Waals surface area contributed by atoms with Crippen LogP contribution in [-0.2, 0) is 5.60 Å². The highest BCUT2D eigenvalue weighted by Gasteiger charge is 2.43. The monoisotopic (exact) mass is 364 g/mol. The van der Waals surface area contributed by atoms with Crippen LogP contribution < -0.4 is 0 Å². The van der Waals surface area contributed by atoms with Crippen molar-refractivity contribution in [2.75, 3.05) is 0 Å². The van der Waals surface area contributed by atoms with Crippen molar-refractivity contribution in [3.05, 3.63) is 93.0 Å². The Bertz CT molecular complexity index is 929. The molecule has 1 nitrogen and oxygen atoms in total. The van der Waals surface area contributed by atoms with Crippen LogP contribution in [-0.4, -0.2) is 5.11 Å². The third kappa shape index (κ3) is 2.02. The van der Waals surface area contributed by atoms with Crippen molar-refractivity contribution in [3.63, 3.8) is 0 Å². The third-order valence-corrected chi connectivity index (χ3v) is 5.25. The molecule has 0 radical (unpaired) electrons. The Morgan fingerprint density at radius 3 is 2.35 bits per heavy atom. The Morgan fingerprint density at radius 2 is 1.52 bits per heavy atom. The second kappa shape index (κ2) is 5.05. The quantitative estimate of drug-likeness (QED) is 0.618. The minimum Gasteiger partial charge on any atom is -0.376 e. The lowest BCUT2D eigenvalue weighted by Crippen LogP contribution is -2.27. The average molecular weight is 365 g/mol. The Labute approximate surface area is 144 Å². The maximum Gasteiger partial charge on any atom is 0.142 e. The lowest BCUT2D eigenvalue weighted by Gasteiger charge is -2.28. The van der Waals surface area contributed by atoms with Gasteiger partial charge in [-0.1, -0.05) is 70.0 Å². The van der Waals surface area contributed by atoms with E-state index in [9.17, 15) is 5.11 Å². The van der Waals surface area contributed by atoms with Gasteiger partial charge in [-0.05, 0) is 48.2 Å². The lowest BCUT2D eigenvalue weighted by atomic mass is 9.81. The zero-order valence-corrected chi connectivity index (χ0v) is 14.7. The number of fused-ring (bicyclic) bond motifs is 3. The standard InChI is InChI=1S/C21H17BrO/c1-13-7-8-14(2)19(11-13)21(23)18-6-4-3-5-16(18)17-10-9-15(22)12-20(17)21/h3-12,23H,1-2H3. The first kappa shape index (κ1) is 14.7. The van der Waals surface area contributed by atoms with Gasteiger partial charge >= 0.3 is 0 Å². The molecule has 0 aliphatic heterocycles. The molecule has 2 heteroatoms. The summed E-state index contributed by atoms with van der Waals surface area (Å²) in [6.45, 7) is 4.13. The predicted molar refractivity (Wildman–Crippen MR) is 97.6 cm³/mol. The molecule has 4 rings (SSSR count). The van der Waals surface area contributed by atoms with E-state index in [4.69, 9.17) is 0 Å². The molecule has 114 valence electrons. The third-order valence-electron chi connectivity index (χ3n) is 4.76. The second-order valence-corrected chi connectivity index (χ2v) is 7.18. The summed E-state index contributed by atoms with van der Waals surface area (Å²) in [4.78, 5) is 0. The van der Waals surface area contributed by atoms with Crippen LogP contribution in [0.15, 0.2) is 65.1 Å². The maximum absolute atomic E-state index is 11.9. The smallest absolute Gasteiger partial charge is 0.142 e. The molecule has 0 saturated carbocycles. The summed E-state index contributed by atoms with van der Waals surface area (Å²) in [5.74, 6) is 0. The summed E-state index contributed by atoms with van der Waals surface area (Å²) in [7, 11) is 0. The van der Waals surface area contributed by atoms with Crippen LogP contribution in [0, 0.1) is 13.8 Å². The van der Waals surface area contributed by atoms with Crippen LogP contribution in [0.2, 0.25) is 0 Å². The van der Waals surface area contributed by atoms with E-state index in [-0.39, 0.29) is 0 Å². The normalized spacial score (nSPS) is 18.6. The average Bonchev–Trinajstić information content (AvgIpc) is 2.80. The van der Waals surface area contributed by atoms with Gasteiger partial charge in [0.25, 0.3) is 0 Å². The summed E-state index contributed by atoms with van der Waals surface area (Å²) in [6.07, 6.45) is 0. The Kier molecular flexibility index (Phi) is 3.22. The van der Waals surface area contributed by atoms with Crippen LogP contribution >= 0.6 is 15.9 Å². The highest BCUT2D eigenvalue weighted by Crippen LogP contribution is 2.52. The Hall–Kier alpha value is -1.90. The van der Waals surface area contributed by atoms with Crippen LogP contribution in [0.1, 0.15) is 27.8 Å². The fraction of sp³-hybridized carbons (Fsp3) is 0.143. The minimum atomic E-state index is -1.11. The van der Waals surface area contributed by atoms with Crippen molar-refractivity contribution < 1.29 is 5.11 Å². The predicted octanol–water partition coefficient (Wildman–Crippen LogP) is 5.33. The molecule has 3 aromatic rings. The molecule has 0 fully saturated rings. The van der Waals surface area contributed by atoms with E-state index in [0.717, 1.165) is 43.4 Å². The molecule has 1 atom stereocenters. The minimum absolute atomic E-state index is 0.946. The Balaban J connectivity index is 2.12. The molecule has 1 aliphatic carbocycles. The van der Waals surface area contributed by atoms with Crippen molar-refractivity contribution in [1.82, 2.24) is 0 Å². The molecule has 0 heterocycles. The lowest BCUT2D eigenvalue weighted by molar-refractivity contribution is 0.130. The molecule has 0 amide bonds. The largest absolute Gasteiger partial charge is 0.376 e. The van der Waals surface area contributed by atoms with Crippen LogP contribution in [0.4, 0.5) is 0 Å². The number of hydrogen-bond donors (Lipinski definition) is 1. The first-order chi connectivity index (χ1) is 11.0. The number of aryl methyl sites for hydroxylation is 2. The van der Waals surface area contributed by atoms with Gasteiger partial charge in [0.1, 0.15) is 5.60 Å². The van der Waals surface area contributed by atoms with E-state index in [1.54, 1.807) is 0 Å². The van der Waals surface area contributed by atoms with Crippen molar-refractivity contribution in [1.29, 1.82) is 0 Å². The fourth-order valence-electron chi connectivity index (χ4n) is 3.65. The van der Waals surface area contributed by atoms with E-state index >= 15 is 0 Å². The number of aliphatic hydroxyl groups is 1. The maximum atomic E-state index is 11.9. The van der Waals surface area contributed by atoms with E-state index in [1.165, 1.54) is 0 Å². The molecular formula is C21H17BrO. The summed E-state index contributed by atoms with van der Waals surface area (Å²) in [5.41, 5.74) is 6.22. The van der Waals surface area contributed by atoms with E-state index in [0.29, 0.717) is 0 Å². The van der Waals surface area contributed by atoms with Crippen LogP contribution in [0.25, 0.3) is 11.1 Å². The highest BCUT2D eigenvalue weighted by atomic mass is 79.9. The molecule has 1 aliphatic rings. The van der Waals surface area contributed by atoms with Crippen molar-refractivity contribution >= 4 is 15.9 Å². The van der Waals surface area contributed by atoms with Gasteiger partial charge in [0.15, 0.2) is 0 Å². The summed E-state index contributed by atoms with van der Waals surface area (Å²) < 4.78 is 0.979. The van der Waals surface area contributed by atoms with Gasteiger partial charge in [-0.15, -0.1) is 0 Å². The van der Waals surface area contributed by atoms with E-state index in [2.05, 4.69) is 60.1 Å². The molecule has 0 spiro atoms. The van der Waals surface area contributed by atoms with Crippen molar-refractivity contribution in [2.24, 2.45) is 0 Å². The number of hydrogen-bond acceptors (Lipinski definition) is 1. The number of rotatable bonds is 1. The zero-order valence-electron chi connectivity index (χ0n) is 13.1. The number of halogens is 1. The van der Waals surface area contributed by atoms with Crippen molar-refractivity contribution in [3.8, 4) is 11.1 Å². The van der Waals surface area contributed by atoms with Gasteiger partial charge < -0.3 is 5.11 Å². The molecule has 0 bridgehead atoms. The topological polar surface area (TPSA) is 20.2 Å². The molecule has 0 aromatic heterocycles. The van der Waals surface area contributed by atoms with Gasteiger partial charge in [0.05, 0.1) is 0 Å².